The second kappa shape index (κ2) is 10.6. The van der Waals surface area contributed by atoms with Crippen LogP contribution in [0.1, 0.15) is 22.3 Å². The van der Waals surface area contributed by atoms with E-state index >= 15 is 0 Å². The van der Waals surface area contributed by atoms with Crippen LogP contribution in [0.5, 0.6) is 5.75 Å². The van der Waals surface area contributed by atoms with Crippen LogP contribution in [-0.4, -0.2) is 34.7 Å². The summed E-state index contributed by atoms with van der Waals surface area (Å²) in [6.07, 6.45) is 4.52. The maximum Gasteiger partial charge on any atom is 0.262 e. The molecule has 3 rings (SSSR count). The zero-order valence-electron chi connectivity index (χ0n) is 16.6. The Morgan fingerprint density at radius 2 is 1.90 bits per heavy atom. The Hall–Kier alpha value is -3.13. The minimum Gasteiger partial charge on any atom is -0.483 e. The van der Waals surface area contributed by atoms with Gasteiger partial charge in [-0.3, -0.25) is 14.3 Å². The molecule has 0 aliphatic carbocycles. The third kappa shape index (κ3) is 6.45. The molecule has 0 radical (unpaired) electrons. The van der Waals surface area contributed by atoms with Gasteiger partial charge >= 0.3 is 0 Å². The molecule has 0 saturated carbocycles. The van der Waals surface area contributed by atoms with Crippen LogP contribution in [-0.2, 0) is 11.3 Å². The molecular weight excluding hydrogens is 448 g/mol. The highest BCUT2D eigenvalue weighted by Gasteiger charge is 2.13. The van der Waals surface area contributed by atoms with Crippen LogP contribution in [0, 0.1) is 6.92 Å². The molecule has 8 heteroatoms. The number of nitrogens with zero attached hydrogens (tertiary/aromatic N) is 2. The number of benzene rings is 2. The number of halogens is 1. The van der Waals surface area contributed by atoms with Gasteiger partial charge in [0.15, 0.2) is 6.61 Å². The fourth-order valence-corrected chi connectivity index (χ4v) is 3.05. The van der Waals surface area contributed by atoms with E-state index in [0.717, 1.165) is 23.0 Å². The van der Waals surface area contributed by atoms with E-state index < -0.39 is 0 Å². The number of amides is 2. The summed E-state index contributed by atoms with van der Waals surface area (Å²) in [5.41, 5.74) is 2.17. The summed E-state index contributed by atoms with van der Waals surface area (Å²) in [6.45, 7) is 3.03. The normalized spacial score (nSPS) is 10.5. The largest absolute Gasteiger partial charge is 0.483 e. The van der Waals surface area contributed by atoms with Crippen molar-refractivity contribution >= 4 is 33.4 Å². The van der Waals surface area contributed by atoms with Crippen LogP contribution in [0.3, 0.4) is 0 Å². The van der Waals surface area contributed by atoms with Gasteiger partial charge in [-0.15, -0.1) is 0 Å². The summed E-state index contributed by atoms with van der Waals surface area (Å²) in [7, 11) is 0. The molecule has 1 aromatic heterocycles. The molecule has 0 fully saturated rings. The summed E-state index contributed by atoms with van der Waals surface area (Å²) >= 11 is 3.35. The SMILES string of the molecule is Cc1cnn(CCCNC(=O)c2ccccc2OCC(=O)Nc2ccc(Br)cc2)c1. The number of rotatable bonds is 9. The zero-order chi connectivity index (χ0) is 21.3. The molecule has 1 heterocycles. The van der Waals surface area contributed by atoms with Crippen molar-refractivity contribution in [1.82, 2.24) is 15.1 Å². The summed E-state index contributed by atoms with van der Waals surface area (Å²) in [4.78, 5) is 24.7. The molecule has 0 aliphatic rings. The standard InChI is InChI=1S/C22H23BrN4O3/c1-16-13-25-27(14-16)12-4-11-24-22(29)19-5-2-3-6-20(19)30-15-21(28)26-18-9-7-17(23)8-10-18/h2-3,5-10,13-14H,4,11-12,15H2,1H3,(H,24,29)(H,26,28). The number of carbonyl (C=O) groups excluding carboxylic acids is 2. The number of nitrogens with one attached hydrogen (secondary N) is 2. The highest BCUT2D eigenvalue weighted by atomic mass is 79.9. The van der Waals surface area contributed by atoms with Gasteiger partial charge in [-0.05, 0) is 55.3 Å². The predicted molar refractivity (Wildman–Crippen MR) is 119 cm³/mol. The van der Waals surface area contributed by atoms with Crippen molar-refractivity contribution in [3.8, 4) is 5.75 Å². The molecule has 7 nitrogen and oxygen atoms in total. The fraction of sp³-hybridized carbons (Fsp3) is 0.227. The minimum absolute atomic E-state index is 0.195. The lowest BCUT2D eigenvalue weighted by molar-refractivity contribution is -0.118. The first-order chi connectivity index (χ1) is 14.5. The average molecular weight is 471 g/mol. The number of ether oxygens (including phenoxy) is 1. The number of anilines is 1. The van der Waals surface area contributed by atoms with Gasteiger partial charge in [0.1, 0.15) is 5.75 Å². The lowest BCUT2D eigenvalue weighted by Crippen LogP contribution is -2.26. The van der Waals surface area contributed by atoms with Gasteiger partial charge in [0.05, 0.1) is 11.8 Å². The Morgan fingerprint density at radius 3 is 2.63 bits per heavy atom. The van der Waals surface area contributed by atoms with Gasteiger partial charge in [-0.2, -0.15) is 5.10 Å². The Kier molecular flexibility index (Phi) is 7.62. The van der Waals surface area contributed by atoms with Crippen molar-refractivity contribution in [2.75, 3.05) is 18.5 Å². The zero-order valence-corrected chi connectivity index (χ0v) is 18.2. The number of hydrogen-bond donors (Lipinski definition) is 2. The van der Waals surface area contributed by atoms with Gasteiger partial charge in [0.2, 0.25) is 0 Å². The van der Waals surface area contributed by atoms with Crippen LogP contribution in [0.2, 0.25) is 0 Å². The molecule has 0 atom stereocenters. The molecule has 3 aromatic rings. The fourth-order valence-electron chi connectivity index (χ4n) is 2.78. The maximum absolute atomic E-state index is 12.5. The van der Waals surface area contributed by atoms with E-state index in [4.69, 9.17) is 4.74 Å². The lowest BCUT2D eigenvalue weighted by Gasteiger charge is -2.12. The molecule has 0 bridgehead atoms. The number of hydrogen-bond acceptors (Lipinski definition) is 4. The van der Waals surface area contributed by atoms with Crippen molar-refractivity contribution in [2.45, 2.75) is 19.9 Å². The molecule has 0 spiro atoms. The molecule has 0 unspecified atom stereocenters. The molecule has 2 aromatic carbocycles. The maximum atomic E-state index is 12.5. The van der Waals surface area contributed by atoms with Crippen LogP contribution >= 0.6 is 15.9 Å². The Morgan fingerprint density at radius 1 is 1.13 bits per heavy atom. The van der Waals surface area contributed by atoms with Crippen LogP contribution < -0.4 is 15.4 Å². The number of carbonyl (C=O) groups is 2. The Balaban J connectivity index is 1.48. The van der Waals surface area contributed by atoms with Gasteiger partial charge in [-0.1, -0.05) is 28.1 Å². The molecule has 156 valence electrons. The number of aryl methyl sites for hydroxylation is 2. The molecule has 0 aliphatic heterocycles. The van der Waals surface area contributed by atoms with Gasteiger partial charge in [0.25, 0.3) is 11.8 Å². The lowest BCUT2D eigenvalue weighted by atomic mass is 10.2. The first-order valence-electron chi connectivity index (χ1n) is 9.56. The summed E-state index contributed by atoms with van der Waals surface area (Å²) in [5.74, 6) is -0.179. The van der Waals surface area contributed by atoms with Gasteiger partial charge < -0.3 is 15.4 Å². The summed E-state index contributed by atoms with van der Waals surface area (Å²) < 4.78 is 8.38. The van der Waals surface area contributed by atoms with Gasteiger partial charge in [0, 0.05) is 29.4 Å². The average Bonchev–Trinajstić information content (AvgIpc) is 3.16. The van der Waals surface area contributed by atoms with Crippen molar-refractivity contribution in [3.05, 3.63) is 76.5 Å². The highest BCUT2D eigenvalue weighted by Crippen LogP contribution is 2.18. The molecule has 2 amide bonds. The highest BCUT2D eigenvalue weighted by molar-refractivity contribution is 9.10. The van der Waals surface area contributed by atoms with Crippen molar-refractivity contribution in [2.24, 2.45) is 0 Å². The van der Waals surface area contributed by atoms with E-state index in [1.54, 1.807) is 42.6 Å². The van der Waals surface area contributed by atoms with Crippen LogP contribution in [0.25, 0.3) is 0 Å². The molecule has 0 saturated heterocycles. The minimum atomic E-state index is -0.304. The van der Waals surface area contributed by atoms with E-state index in [9.17, 15) is 9.59 Å². The first kappa shape index (κ1) is 21.6. The monoisotopic (exact) mass is 470 g/mol. The van der Waals surface area contributed by atoms with E-state index in [2.05, 4.69) is 31.7 Å². The van der Waals surface area contributed by atoms with Crippen molar-refractivity contribution in [1.29, 1.82) is 0 Å². The molecule has 2 N–H and O–H groups in total. The van der Waals surface area contributed by atoms with Gasteiger partial charge in [-0.25, -0.2) is 0 Å². The van der Waals surface area contributed by atoms with E-state index in [1.165, 1.54) is 0 Å². The van der Waals surface area contributed by atoms with E-state index in [0.29, 0.717) is 23.5 Å². The van der Waals surface area contributed by atoms with E-state index in [-0.39, 0.29) is 18.4 Å². The predicted octanol–water partition coefficient (Wildman–Crippen LogP) is 3.79. The second-order valence-corrected chi connectivity index (χ2v) is 7.65. The third-order valence-corrected chi connectivity index (χ3v) is 4.76. The number of aromatic nitrogens is 2. The quantitative estimate of drug-likeness (QED) is 0.465. The van der Waals surface area contributed by atoms with E-state index in [1.807, 2.05) is 29.9 Å². The van der Waals surface area contributed by atoms with Crippen molar-refractivity contribution < 1.29 is 14.3 Å². The molecule has 30 heavy (non-hydrogen) atoms. The van der Waals surface area contributed by atoms with Crippen LogP contribution in [0.4, 0.5) is 5.69 Å². The third-order valence-electron chi connectivity index (χ3n) is 4.23. The Labute approximate surface area is 183 Å². The second-order valence-electron chi connectivity index (χ2n) is 6.73. The summed E-state index contributed by atoms with van der Waals surface area (Å²) in [5, 5.41) is 9.86. The summed E-state index contributed by atoms with van der Waals surface area (Å²) in [6, 6.07) is 14.1. The first-order valence-corrected chi connectivity index (χ1v) is 10.3. The Bertz CT molecular complexity index is 1000. The van der Waals surface area contributed by atoms with Crippen LogP contribution in [0.15, 0.2) is 65.4 Å². The van der Waals surface area contributed by atoms with Crippen molar-refractivity contribution in [3.63, 3.8) is 0 Å². The topological polar surface area (TPSA) is 85.2 Å². The smallest absolute Gasteiger partial charge is 0.262 e. The number of para-hydroxylation sites is 1. The molecular formula is C22H23BrN4O3.